The predicted molar refractivity (Wildman–Crippen MR) is 97.8 cm³/mol. The first kappa shape index (κ1) is 15.5. The van der Waals surface area contributed by atoms with Gasteiger partial charge in [0.15, 0.2) is 0 Å². The van der Waals surface area contributed by atoms with E-state index in [2.05, 4.69) is 0 Å². The second-order valence-corrected chi connectivity index (χ2v) is 7.10. The number of Topliss-reactive ketones (excluding diaryl/α,β-unsaturated/α-hetero) is 1. The minimum atomic E-state index is -1.59. The minimum absolute atomic E-state index is 0.0811. The Hall–Kier alpha value is -2.98. The molecule has 4 heteroatoms. The molecule has 4 rings (SSSR count). The molecule has 1 unspecified atom stereocenters. The van der Waals surface area contributed by atoms with E-state index in [0.717, 1.165) is 5.56 Å². The van der Waals surface area contributed by atoms with Gasteiger partial charge in [0, 0.05) is 16.7 Å². The number of hydrogen-bond donors (Lipinski definition) is 1. The third kappa shape index (κ3) is 2.61. The first-order valence-electron chi connectivity index (χ1n) is 7.81. The summed E-state index contributed by atoms with van der Waals surface area (Å²) in [6.07, 6.45) is 0. The zero-order valence-corrected chi connectivity index (χ0v) is 14.0. The number of hydrogen-bond acceptors (Lipinski definition) is 3. The molecule has 0 saturated carbocycles. The SMILES string of the molecule is O=C(C1=C(c2ccccc2)c2cc(O)ccc2S1=O)c1ccccc1. The van der Waals surface area contributed by atoms with Gasteiger partial charge in [0.2, 0.25) is 5.78 Å². The first-order valence-corrected chi connectivity index (χ1v) is 8.96. The summed E-state index contributed by atoms with van der Waals surface area (Å²) in [4.78, 5) is 13.9. The van der Waals surface area contributed by atoms with Crippen LogP contribution >= 0.6 is 0 Å². The maximum Gasteiger partial charge on any atom is 0.202 e. The Kier molecular flexibility index (Phi) is 3.82. The summed E-state index contributed by atoms with van der Waals surface area (Å²) in [7, 11) is -1.59. The molecule has 0 aliphatic carbocycles. The van der Waals surface area contributed by atoms with Crippen LogP contribution in [0.5, 0.6) is 5.75 Å². The molecule has 3 nitrogen and oxygen atoms in total. The van der Waals surface area contributed by atoms with Crippen LogP contribution in [0.3, 0.4) is 0 Å². The van der Waals surface area contributed by atoms with Gasteiger partial charge in [0.05, 0.1) is 15.7 Å². The van der Waals surface area contributed by atoms with Crippen molar-refractivity contribution in [3.05, 3.63) is 100 Å². The molecule has 1 heterocycles. The monoisotopic (exact) mass is 346 g/mol. The molecule has 1 atom stereocenters. The number of rotatable bonds is 3. The molecule has 3 aromatic rings. The van der Waals surface area contributed by atoms with Crippen molar-refractivity contribution in [3.8, 4) is 5.75 Å². The molecule has 1 aliphatic rings. The summed E-state index contributed by atoms with van der Waals surface area (Å²) in [6.45, 7) is 0. The van der Waals surface area contributed by atoms with Gasteiger partial charge in [0.1, 0.15) is 10.7 Å². The smallest absolute Gasteiger partial charge is 0.202 e. The van der Waals surface area contributed by atoms with Crippen LogP contribution in [0.2, 0.25) is 0 Å². The zero-order chi connectivity index (χ0) is 17.4. The van der Waals surface area contributed by atoms with E-state index >= 15 is 0 Å². The Bertz CT molecular complexity index is 1020. The van der Waals surface area contributed by atoms with E-state index in [1.54, 1.807) is 36.4 Å². The van der Waals surface area contributed by atoms with Crippen LogP contribution in [0.1, 0.15) is 21.5 Å². The standard InChI is InChI=1S/C21H14O3S/c22-16-11-12-18-17(13-16)19(14-7-3-1-4-8-14)21(25(18)24)20(23)15-9-5-2-6-10-15/h1-13,22H. The van der Waals surface area contributed by atoms with E-state index in [-0.39, 0.29) is 16.4 Å². The van der Waals surface area contributed by atoms with Crippen molar-refractivity contribution in [2.24, 2.45) is 0 Å². The summed E-state index contributed by atoms with van der Waals surface area (Å²) in [5, 5.41) is 9.88. The quantitative estimate of drug-likeness (QED) is 0.725. The van der Waals surface area contributed by atoms with Gasteiger partial charge in [-0.05, 0) is 23.8 Å². The van der Waals surface area contributed by atoms with Crippen LogP contribution in [0.4, 0.5) is 0 Å². The Balaban J connectivity index is 1.99. The highest BCUT2D eigenvalue weighted by atomic mass is 32.2. The van der Waals surface area contributed by atoms with Gasteiger partial charge in [-0.25, -0.2) is 4.21 Å². The van der Waals surface area contributed by atoms with Crippen molar-refractivity contribution in [2.45, 2.75) is 4.90 Å². The molecule has 1 aliphatic heterocycles. The number of allylic oxidation sites excluding steroid dienone is 1. The molecular formula is C21H14O3S. The molecule has 1 N–H and O–H groups in total. The van der Waals surface area contributed by atoms with Gasteiger partial charge in [-0.2, -0.15) is 0 Å². The van der Waals surface area contributed by atoms with Crippen LogP contribution < -0.4 is 0 Å². The van der Waals surface area contributed by atoms with E-state index in [4.69, 9.17) is 0 Å². The first-order chi connectivity index (χ1) is 12.2. The van der Waals surface area contributed by atoms with Crippen LogP contribution in [-0.4, -0.2) is 15.1 Å². The summed E-state index contributed by atoms with van der Waals surface area (Å²) < 4.78 is 13.1. The maximum absolute atomic E-state index is 13.1. The van der Waals surface area contributed by atoms with E-state index < -0.39 is 10.8 Å². The number of ketones is 1. The molecule has 0 radical (unpaired) electrons. The normalized spacial score (nSPS) is 15.9. The summed E-state index contributed by atoms with van der Waals surface area (Å²) in [5.74, 6) is -0.175. The predicted octanol–water partition coefficient (Wildman–Crippen LogP) is 4.16. The lowest BCUT2D eigenvalue weighted by Crippen LogP contribution is -2.07. The minimum Gasteiger partial charge on any atom is -0.508 e. The van der Waals surface area contributed by atoms with Crippen molar-refractivity contribution >= 4 is 22.2 Å². The topological polar surface area (TPSA) is 54.4 Å². The molecule has 0 aromatic heterocycles. The molecule has 0 fully saturated rings. The highest BCUT2D eigenvalue weighted by molar-refractivity contribution is 7.90. The van der Waals surface area contributed by atoms with Crippen molar-refractivity contribution in [1.82, 2.24) is 0 Å². The summed E-state index contributed by atoms with van der Waals surface area (Å²) in [5.41, 5.74) is 2.57. The molecule has 0 saturated heterocycles. The molecule has 0 spiro atoms. The molecule has 0 bridgehead atoms. The lowest BCUT2D eigenvalue weighted by Gasteiger charge is -2.08. The van der Waals surface area contributed by atoms with Gasteiger partial charge >= 0.3 is 0 Å². The van der Waals surface area contributed by atoms with Crippen LogP contribution in [0, 0.1) is 0 Å². The Morgan fingerprint density at radius 3 is 2.16 bits per heavy atom. The van der Waals surface area contributed by atoms with Crippen LogP contribution in [0.25, 0.3) is 5.57 Å². The number of carbonyl (C=O) groups excluding carboxylic acids is 1. The second-order valence-electron chi connectivity index (χ2n) is 5.71. The third-order valence-electron chi connectivity index (χ3n) is 4.15. The van der Waals surface area contributed by atoms with Crippen LogP contribution in [0.15, 0.2) is 88.7 Å². The molecule has 0 amide bonds. The van der Waals surface area contributed by atoms with Gasteiger partial charge < -0.3 is 5.11 Å². The maximum atomic E-state index is 13.1. The molecule has 25 heavy (non-hydrogen) atoms. The lowest BCUT2D eigenvalue weighted by molar-refractivity contribution is 0.104. The Morgan fingerprint density at radius 1 is 0.840 bits per heavy atom. The fraction of sp³-hybridized carbons (Fsp3) is 0. The second kappa shape index (κ2) is 6.15. The van der Waals surface area contributed by atoms with Gasteiger partial charge in [-0.3, -0.25) is 4.79 Å². The fourth-order valence-electron chi connectivity index (χ4n) is 3.01. The van der Waals surface area contributed by atoms with Crippen molar-refractivity contribution < 1.29 is 14.1 Å². The van der Waals surface area contributed by atoms with Gasteiger partial charge in [-0.1, -0.05) is 60.7 Å². The number of carbonyl (C=O) groups is 1. The van der Waals surface area contributed by atoms with E-state index in [1.807, 2.05) is 36.4 Å². The lowest BCUT2D eigenvalue weighted by atomic mass is 9.95. The number of phenols is 1. The van der Waals surface area contributed by atoms with Crippen LogP contribution in [-0.2, 0) is 10.8 Å². The summed E-state index contributed by atoms with van der Waals surface area (Å²) >= 11 is 0. The number of fused-ring (bicyclic) bond motifs is 1. The Labute approximate surface area is 147 Å². The average Bonchev–Trinajstić information content (AvgIpc) is 2.94. The Morgan fingerprint density at radius 2 is 1.48 bits per heavy atom. The van der Waals surface area contributed by atoms with Crippen molar-refractivity contribution in [2.75, 3.05) is 0 Å². The largest absolute Gasteiger partial charge is 0.508 e. The van der Waals surface area contributed by atoms with E-state index in [0.29, 0.717) is 21.6 Å². The highest BCUT2D eigenvalue weighted by Crippen LogP contribution is 2.42. The third-order valence-corrected chi connectivity index (χ3v) is 5.67. The number of phenolic OH excluding ortho intramolecular Hbond substituents is 1. The average molecular weight is 346 g/mol. The molecule has 122 valence electrons. The summed E-state index contributed by atoms with van der Waals surface area (Å²) in [6, 6.07) is 22.9. The zero-order valence-electron chi connectivity index (χ0n) is 13.2. The van der Waals surface area contributed by atoms with E-state index in [9.17, 15) is 14.1 Å². The fourth-order valence-corrected chi connectivity index (χ4v) is 4.48. The number of aromatic hydroxyl groups is 1. The van der Waals surface area contributed by atoms with E-state index in [1.165, 1.54) is 6.07 Å². The molecule has 3 aromatic carbocycles. The van der Waals surface area contributed by atoms with Crippen molar-refractivity contribution in [1.29, 1.82) is 0 Å². The number of benzene rings is 3. The van der Waals surface area contributed by atoms with Gasteiger partial charge in [-0.15, -0.1) is 0 Å². The molecular weight excluding hydrogens is 332 g/mol. The highest BCUT2D eigenvalue weighted by Gasteiger charge is 2.34. The van der Waals surface area contributed by atoms with Gasteiger partial charge in [0.25, 0.3) is 0 Å². The van der Waals surface area contributed by atoms with Crippen molar-refractivity contribution in [3.63, 3.8) is 0 Å².